The SMILES string of the molecule is O=C(COc1ccc(-c2ccccc2)cc1)N1CCC(Oc2cccnn2)C1. The quantitative estimate of drug-likeness (QED) is 0.662. The van der Waals surface area contributed by atoms with Crippen molar-refractivity contribution in [2.75, 3.05) is 19.7 Å². The average molecular weight is 375 g/mol. The Bertz CT molecular complexity index is 901. The molecule has 4 rings (SSSR count). The Balaban J connectivity index is 1.26. The van der Waals surface area contributed by atoms with Gasteiger partial charge in [0, 0.05) is 25.2 Å². The number of nitrogens with zero attached hydrogens (tertiary/aromatic N) is 3. The lowest BCUT2D eigenvalue weighted by Gasteiger charge is -2.17. The largest absolute Gasteiger partial charge is 0.484 e. The fraction of sp³-hybridized carbons (Fsp3) is 0.227. The summed E-state index contributed by atoms with van der Waals surface area (Å²) in [7, 11) is 0. The summed E-state index contributed by atoms with van der Waals surface area (Å²) in [5, 5.41) is 7.71. The van der Waals surface area contributed by atoms with E-state index in [1.54, 1.807) is 23.2 Å². The molecule has 1 aliphatic rings. The number of aromatic nitrogens is 2. The van der Waals surface area contributed by atoms with Gasteiger partial charge in [-0.15, -0.1) is 5.10 Å². The summed E-state index contributed by atoms with van der Waals surface area (Å²) < 4.78 is 11.4. The Morgan fingerprint density at radius 2 is 1.79 bits per heavy atom. The van der Waals surface area contributed by atoms with Crippen LogP contribution in [0.25, 0.3) is 11.1 Å². The van der Waals surface area contributed by atoms with Gasteiger partial charge in [0.05, 0.1) is 6.54 Å². The van der Waals surface area contributed by atoms with Crippen LogP contribution in [0.4, 0.5) is 0 Å². The number of likely N-dealkylation sites (tertiary alicyclic amines) is 1. The molecule has 6 nitrogen and oxygen atoms in total. The van der Waals surface area contributed by atoms with E-state index >= 15 is 0 Å². The Hall–Kier alpha value is -3.41. The average Bonchev–Trinajstić information content (AvgIpc) is 3.22. The van der Waals surface area contributed by atoms with Crippen LogP contribution in [0.2, 0.25) is 0 Å². The molecule has 1 atom stereocenters. The van der Waals surface area contributed by atoms with Crippen LogP contribution in [-0.2, 0) is 4.79 Å². The normalized spacial score (nSPS) is 16.0. The molecule has 0 N–H and O–H groups in total. The van der Waals surface area contributed by atoms with E-state index in [2.05, 4.69) is 22.3 Å². The first-order valence-corrected chi connectivity index (χ1v) is 9.28. The fourth-order valence-corrected chi connectivity index (χ4v) is 3.18. The summed E-state index contributed by atoms with van der Waals surface area (Å²) in [6, 6.07) is 21.4. The summed E-state index contributed by atoms with van der Waals surface area (Å²) in [5.74, 6) is 1.12. The lowest BCUT2D eigenvalue weighted by atomic mass is 10.1. The van der Waals surface area contributed by atoms with Gasteiger partial charge in [-0.3, -0.25) is 4.79 Å². The summed E-state index contributed by atoms with van der Waals surface area (Å²) in [4.78, 5) is 14.2. The van der Waals surface area contributed by atoms with Crippen molar-refractivity contribution in [3.8, 4) is 22.8 Å². The Morgan fingerprint density at radius 1 is 1.00 bits per heavy atom. The molecule has 1 aromatic heterocycles. The number of rotatable bonds is 6. The van der Waals surface area contributed by atoms with Gasteiger partial charge in [-0.1, -0.05) is 42.5 Å². The van der Waals surface area contributed by atoms with Gasteiger partial charge in [0.1, 0.15) is 11.9 Å². The van der Waals surface area contributed by atoms with E-state index in [1.807, 2.05) is 42.5 Å². The highest BCUT2D eigenvalue weighted by molar-refractivity contribution is 5.78. The smallest absolute Gasteiger partial charge is 0.260 e. The van der Waals surface area contributed by atoms with Gasteiger partial charge in [-0.2, -0.15) is 5.10 Å². The number of benzene rings is 2. The molecule has 0 radical (unpaired) electrons. The maximum atomic E-state index is 12.4. The molecule has 0 spiro atoms. The van der Waals surface area contributed by atoms with Crippen molar-refractivity contribution in [3.05, 3.63) is 72.9 Å². The summed E-state index contributed by atoms with van der Waals surface area (Å²) >= 11 is 0. The molecule has 2 aromatic carbocycles. The maximum Gasteiger partial charge on any atom is 0.260 e. The highest BCUT2D eigenvalue weighted by Gasteiger charge is 2.28. The zero-order chi connectivity index (χ0) is 19.2. The molecular weight excluding hydrogens is 354 g/mol. The zero-order valence-corrected chi connectivity index (χ0v) is 15.4. The second kappa shape index (κ2) is 8.52. The molecule has 142 valence electrons. The number of ether oxygens (including phenoxy) is 2. The Morgan fingerprint density at radius 3 is 2.54 bits per heavy atom. The third-order valence-electron chi connectivity index (χ3n) is 4.66. The minimum Gasteiger partial charge on any atom is -0.484 e. The summed E-state index contributed by atoms with van der Waals surface area (Å²) in [6.45, 7) is 1.20. The summed E-state index contributed by atoms with van der Waals surface area (Å²) in [6.07, 6.45) is 2.31. The molecule has 1 unspecified atom stereocenters. The molecule has 1 fully saturated rings. The van der Waals surface area contributed by atoms with Crippen LogP contribution in [0.1, 0.15) is 6.42 Å². The van der Waals surface area contributed by atoms with Crippen LogP contribution in [0, 0.1) is 0 Å². The lowest BCUT2D eigenvalue weighted by Crippen LogP contribution is -2.34. The second-order valence-corrected chi connectivity index (χ2v) is 6.61. The molecular formula is C22H21N3O3. The predicted molar refractivity (Wildman–Crippen MR) is 105 cm³/mol. The third kappa shape index (κ3) is 4.46. The molecule has 1 aliphatic heterocycles. The number of hydrogen-bond donors (Lipinski definition) is 0. The molecule has 2 heterocycles. The first-order chi connectivity index (χ1) is 13.8. The molecule has 3 aromatic rings. The number of hydrogen-bond acceptors (Lipinski definition) is 5. The van der Waals surface area contributed by atoms with E-state index in [9.17, 15) is 4.79 Å². The van der Waals surface area contributed by atoms with Crippen molar-refractivity contribution in [2.45, 2.75) is 12.5 Å². The minimum absolute atomic E-state index is 0.0164. The highest BCUT2D eigenvalue weighted by atomic mass is 16.5. The molecule has 28 heavy (non-hydrogen) atoms. The van der Waals surface area contributed by atoms with Gasteiger partial charge < -0.3 is 14.4 Å². The van der Waals surface area contributed by atoms with Gasteiger partial charge in [-0.25, -0.2) is 0 Å². The monoisotopic (exact) mass is 375 g/mol. The van der Waals surface area contributed by atoms with Crippen molar-refractivity contribution in [1.29, 1.82) is 0 Å². The van der Waals surface area contributed by atoms with E-state index in [0.29, 0.717) is 24.7 Å². The van der Waals surface area contributed by atoms with Gasteiger partial charge in [0.25, 0.3) is 5.91 Å². The van der Waals surface area contributed by atoms with Crippen LogP contribution < -0.4 is 9.47 Å². The fourth-order valence-electron chi connectivity index (χ4n) is 3.18. The first kappa shape index (κ1) is 18.0. The van der Waals surface area contributed by atoms with Gasteiger partial charge in [-0.05, 0) is 29.3 Å². The topological polar surface area (TPSA) is 64.5 Å². The Labute approximate surface area is 163 Å². The lowest BCUT2D eigenvalue weighted by molar-refractivity contribution is -0.132. The highest BCUT2D eigenvalue weighted by Crippen LogP contribution is 2.22. The molecule has 0 aliphatic carbocycles. The third-order valence-corrected chi connectivity index (χ3v) is 4.66. The molecule has 0 bridgehead atoms. The molecule has 1 saturated heterocycles. The van der Waals surface area contributed by atoms with Crippen LogP contribution in [-0.4, -0.2) is 46.8 Å². The van der Waals surface area contributed by atoms with E-state index < -0.39 is 0 Å². The molecule has 6 heteroatoms. The van der Waals surface area contributed by atoms with Crippen molar-refractivity contribution < 1.29 is 14.3 Å². The van der Waals surface area contributed by atoms with Crippen LogP contribution >= 0.6 is 0 Å². The number of carbonyl (C=O) groups is 1. The van der Waals surface area contributed by atoms with Crippen molar-refractivity contribution >= 4 is 5.91 Å². The second-order valence-electron chi connectivity index (χ2n) is 6.61. The standard InChI is InChI=1S/C22H21N3O3/c26-22(25-14-12-20(15-25)28-21-7-4-13-23-24-21)16-27-19-10-8-18(9-11-19)17-5-2-1-3-6-17/h1-11,13,20H,12,14-16H2. The predicted octanol–water partition coefficient (Wildman–Crippen LogP) is 3.20. The molecule has 0 saturated carbocycles. The number of amides is 1. The van der Waals surface area contributed by atoms with Crippen molar-refractivity contribution in [2.24, 2.45) is 0 Å². The van der Waals surface area contributed by atoms with E-state index in [0.717, 1.165) is 17.5 Å². The van der Waals surface area contributed by atoms with E-state index in [1.165, 1.54) is 0 Å². The van der Waals surface area contributed by atoms with Crippen LogP contribution in [0.15, 0.2) is 72.9 Å². The van der Waals surface area contributed by atoms with Gasteiger partial charge in [0.15, 0.2) is 6.61 Å². The van der Waals surface area contributed by atoms with E-state index in [-0.39, 0.29) is 18.6 Å². The number of carbonyl (C=O) groups excluding carboxylic acids is 1. The Kier molecular flexibility index (Phi) is 5.47. The minimum atomic E-state index is -0.0641. The maximum absolute atomic E-state index is 12.4. The van der Waals surface area contributed by atoms with Gasteiger partial charge >= 0.3 is 0 Å². The summed E-state index contributed by atoms with van der Waals surface area (Å²) in [5.41, 5.74) is 2.26. The van der Waals surface area contributed by atoms with Crippen molar-refractivity contribution in [1.82, 2.24) is 15.1 Å². The molecule has 1 amide bonds. The van der Waals surface area contributed by atoms with E-state index in [4.69, 9.17) is 9.47 Å². The zero-order valence-electron chi connectivity index (χ0n) is 15.4. The van der Waals surface area contributed by atoms with Crippen LogP contribution in [0.5, 0.6) is 11.6 Å². The van der Waals surface area contributed by atoms with Gasteiger partial charge in [0.2, 0.25) is 5.88 Å². The first-order valence-electron chi connectivity index (χ1n) is 9.28. The van der Waals surface area contributed by atoms with Crippen molar-refractivity contribution in [3.63, 3.8) is 0 Å². The van der Waals surface area contributed by atoms with Crippen LogP contribution in [0.3, 0.4) is 0 Å².